The van der Waals surface area contributed by atoms with Crippen LogP contribution in [0.3, 0.4) is 0 Å². The molecule has 0 aliphatic heterocycles. The fourth-order valence-electron chi connectivity index (χ4n) is 1.04. The van der Waals surface area contributed by atoms with E-state index in [1.807, 2.05) is 0 Å². The van der Waals surface area contributed by atoms with Gasteiger partial charge in [-0.05, 0) is 18.6 Å². The van der Waals surface area contributed by atoms with E-state index in [0.717, 1.165) is 6.07 Å². The Labute approximate surface area is 80.0 Å². The molecular weight excluding hydrogens is 198 g/mol. The fraction of sp³-hybridized carbons (Fsp3) is 0.333. The predicted octanol–water partition coefficient (Wildman–Crippen LogP) is 2.54. The molecule has 1 aromatic rings. The van der Waals surface area contributed by atoms with Crippen LogP contribution in [0, 0.1) is 11.6 Å². The van der Waals surface area contributed by atoms with Crippen molar-refractivity contribution in [2.75, 3.05) is 0 Å². The van der Waals surface area contributed by atoms with E-state index in [9.17, 15) is 8.78 Å². The van der Waals surface area contributed by atoms with Gasteiger partial charge in [-0.15, -0.1) is 0 Å². The molecule has 0 aliphatic rings. The molecule has 0 spiro atoms. The molecular formula is C9H9ClF2O. The number of aliphatic hydroxyl groups excluding tert-OH is 1. The molecule has 0 radical (unpaired) electrons. The minimum Gasteiger partial charge on any atom is -0.393 e. The third-order valence-electron chi connectivity index (χ3n) is 1.63. The van der Waals surface area contributed by atoms with Gasteiger partial charge < -0.3 is 5.11 Å². The lowest BCUT2D eigenvalue weighted by atomic mass is 10.1. The van der Waals surface area contributed by atoms with Crippen LogP contribution in [0.2, 0.25) is 5.02 Å². The van der Waals surface area contributed by atoms with Crippen LogP contribution in [0.1, 0.15) is 12.5 Å². The largest absolute Gasteiger partial charge is 0.393 e. The summed E-state index contributed by atoms with van der Waals surface area (Å²) in [6, 6.07) is 2.37. The Balaban J connectivity index is 3.04. The minimum absolute atomic E-state index is 0.131. The van der Waals surface area contributed by atoms with Crippen molar-refractivity contribution in [2.45, 2.75) is 19.4 Å². The van der Waals surface area contributed by atoms with Crippen molar-refractivity contribution in [3.63, 3.8) is 0 Å². The third-order valence-corrected chi connectivity index (χ3v) is 1.98. The van der Waals surface area contributed by atoms with Gasteiger partial charge in [-0.2, -0.15) is 0 Å². The van der Waals surface area contributed by atoms with Gasteiger partial charge in [0.2, 0.25) is 0 Å². The molecule has 1 aromatic carbocycles. The average Bonchev–Trinajstić information content (AvgIpc) is 2.06. The van der Waals surface area contributed by atoms with E-state index in [1.165, 1.54) is 13.0 Å². The lowest BCUT2D eigenvalue weighted by Crippen LogP contribution is -2.06. The normalized spacial score (nSPS) is 13.0. The minimum atomic E-state index is -0.789. The summed E-state index contributed by atoms with van der Waals surface area (Å²) in [6.45, 7) is 1.52. The maximum absolute atomic E-state index is 13.1. The number of aliphatic hydroxyl groups is 1. The zero-order valence-electron chi connectivity index (χ0n) is 7.02. The highest BCUT2D eigenvalue weighted by molar-refractivity contribution is 6.30. The van der Waals surface area contributed by atoms with Crippen molar-refractivity contribution >= 4 is 11.6 Å². The van der Waals surface area contributed by atoms with E-state index in [1.54, 1.807) is 0 Å². The van der Waals surface area contributed by atoms with E-state index in [0.29, 0.717) is 0 Å². The molecule has 13 heavy (non-hydrogen) atoms. The second-order valence-corrected chi connectivity index (χ2v) is 3.27. The van der Waals surface area contributed by atoms with E-state index in [-0.39, 0.29) is 12.0 Å². The highest BCUT2D eigenvalue weighted by atomic mass is 35.5. The van der Waals surface area contributed by atoms with Gasteiger partial charge >= 0.3 is 0 Å². The Bertz CT molecular complexity index is 313. The summed E-state index contributed by atoms with van der Waals surface area (Å²) in [4.78, 5) is 0. The smallest absolute Gasteiger partial charge is 0.148 e. The van der Waals surface area contributed by atoms with Gasteiger partial charge in [0.25, 0.3) is 0 Å². The summed E-state index contributed by atoms with van der Waals surface area (Å²) >= 11 is 5.33. The van der Waals surface area contributed by atoms with E-state index in [4.69, 9.17) is 16.7 Å². The number of benzene rings is 1. The van der Waals surface area contributed by atoms with Crippen molar-refractivity contribution in [3.05, 3.63) is 34.4 Å². The Kier molecular flexibility index (Phi) is 3.22. The van der Waals surface area contributed by atoms with Crippen LogP contribution in [0.4, 0.5) is 8.78 Å². The molecule has 0 unspecified atom stereocenters. The average molecular weight is 207 g/mol. The zero-order chi connectivity index (χ0) is 10.0. The van der Waals surface area contributed by atoms with Crippen molar-refractivity contribution in [3.8, 4) is 0 Å². The van der Waals surface area contributed by atoms with Crippen molar-refractivity contribution < 1.29 is 13.9 Å². The first-order chi connectivity index (χ1) is 6.02. The summed E-state index contributed by atoms with van der Waals surface area (Å²) in [6.07, 6.45) is -0.540. The lowest BCUT2D eigenvalue weighted by molar-refractivity contribution is 0.194. The van der Waals surface area contributed by atoms with Gasteiger partial charge in [-0.1, -0.05) is 17.7 Å². The second-order valence-electron chi connectivity index (χ2n) is 2.89. The van der Waals surface area contributed by atoms with E-state index in [2.05, 4.69) is 0 Å². The molecule has 1 atom stereocenters. The maximum atomic E-state index is 13.1. The molecule has 1 nitrogen and oxygen atoms in total. The Morgan fingerprint density at radius 1 is 1.46 bits per heavy atom. The monoisotopic (exact) mass is 206 g/mol. The molecule has 0 fully saturated rings. The Morgan fingerprint density at radius 2 is 2.08 bits per heavy atom. The summed E-state index contributed by atoms with van der Waals surface area (Å²) in [5, 5.41) is 8.47. The zero-order valence-corrected chi connectivity index (χ0v) is 7.78. The van der Waals surface area contributed by atoms with Crippen molar-refractivity contribution in [1.29, 1.82) is 0 Å². The highest BCUT2D eigenvalue weighted by Gasteiger charge is 2.12. The topological polar surface area (TPSA) is 20.2 Å². The molecule has 0 aromatic heterocycles. The molecule has 1 rings (SSSR count). The number of rotatable bonds is 2. The lowest BCUT2D eigenvalue weighted by Gasteiger charge is -2.06. The van der Waals surface area contributed by atoms with Crippen LogP contribution in [-0.2, 0) is 6.42 Å². The molecule has 0 aliphatic carbocycles. The van der Waals surface area contributed by atoms with Gasteiger partial charge in [0.05, 0.1) is 6.10 Å². The first-order valence-electron chi connectivity index (χ1n) is 3.82. The van der Waals surface area contributed by atoms with E-state index >= 15 is 0 Å². The van der Waals surface area contributed by atoms with Crippen LogP contribution in [0.5, 0.6) is 0 Å². The molecule has 0 saturated carbocycles. The van der Waals surface area contributed by atoms with Gasteiger partial charge in [0.1, 0.15) is 16.7 Å². The molecule has 0 saturated heterocycles. The molecule has 0 amide bonds. The molecule has 4 heteroatoms. The summed E-state index contributed by atoms with van der Waals surface area (Å²) in [5.74, 6) is -1.57. The van der Waals surface area contributed by atoms with Crippen LogP contribution in [-0.4, -0.2) is 11.2 Å². The molecule has 0 heterocycles. The number of hydrogen-bond acceptors (Lipinski definition) is 1. The summed E-state index contributed by atoms with van der Waals surface area (Å²) < 4.78 is 25.8. The van der Waals surface area contributed by atoms with Gasteiger partial charge in [0.15, 0.2) is 0 Å². The van der Waals surface area contributed by atoms with Gasteiger partial charge in [-0.25, -0.2) is 8.78 Å². The van der Waals surface area contributed by atoms with Gasteiger partial charge in [0, 0.05) is 6.42 Å². The molecule has 1 N–H and O–H groups in total. The van der Waals surface area contributed by atoms with Crippen LogP contribution >= 0.6 is 11.6 Å². The van der Waals surface area contributed by atoms with Crippen LogP contribution in [0.15, 0.2) is 12.1 Å². The number of hydrogen-bond donors (Lipinski definition) is 1. The third kappa shape index (κ3) is 2.39. The SMILES string of the molecule is C[C@@H](O)Cc1ccc(F)c(Cl)c1F. The standard InChI is InChI=1S/C9H9ClF2O/c1-5(13)4-6-2-3-7(11)8(10)9(6)12/h2-3,5,13H,4H2,1H3/t5-/m1/s1. The first-order valence-corrected chi connectivity index (χ1v) is 4.20. The molecule has 72 valence electrons. The molecule has 0 bridgehead atoms. The fourth-order valence-corrected chi connectivity index (χ4v) is 1.23. The van der Waals surface area contributed by atoms with Gasteiger partial charge in [-0.3, -0.25) is 0 Å². The maximum Gasteiger partial charge on any atom is 0.148 e. The Morgan fingerprint density at radius 3 is 2.62 bits per heavy atom. The number of halogens is 3. The van der Waals surface area contributed by atoms with Crippen LogP contribution < -0.4 is 0 Å². The predicted molar refractivity (Wildman–Crippen MR) is 46.8 cm³/mol. The Hall–Kier alpha value is -0.670. The highest BCUT2D eigenvalue weighted by Crippen LogP contribution is 2.22. The van der Waals surface area contributed by atoms with Crippen LogP contribution in [0.25, 0.3) is 0 Å². The second kappa shape index (κ2) is 4.03. The first kappa shape index (κ1) is 10.4. The van der Waals surface area contributed by atoms with Crippen molar-refractivity contribution in [1.82, 2.24) is 0 Å². The summed E-state index contributed by atoms with van der Waals surface area (Å²) in [7, 11) is 0. The van der Waals surface area contributed by atoms with E-state index < -0.39 is 22.8 Å². The summed E-state index contributed by atoms with van der Waals surface area (Å²) in [5.41, 5.74) is 0.224. The quantitative estimate of drug-likeness (QED) is 0.738. The van der Waals surface area contributed by atoms with Crippen molar-refractivity contribution in [2.24, 2.45) is 0 Å².